The molecule has 3 aromatic rings. The standard InChI is InChI=1S/C28H35FN3O9P/c1-3-4-5-8-14-38-27(35)18(2)31-42(37,41-23-13-9-11-19-10-6-7-12-20(19)23)39-17-24-22(33)15-25(40-24)32-16-21(29)26(34)30-28(32)36/h6-7,9-13,16,18,22,24-25,33H,3-5,8,14-15,17H2,1-2H3,(H,31,37)(H,30,34,36)/t18-,22?,24+,25+,42?/m0/s1. The number of aromatic amines is 1. The Bertz CT molecular complexity index is 1540. The second-order valence-corrected chi connectivity index (χ2v) is 11.7. The molecule has 1 fully saturated rings. The molecule has 3 N–H and O–H groups in total. The van der Waals surface area contributed by atoms with Gasteiger partial charge >= 0.3 is 19.4 Å². The van der Waals surface area contributed by atoms with Crippen molar-refractivity contribution >= 4 is 24.5 Å². The lowest BCUT2D eigenvalue weighted by Gasteiger charge is -2.25. The number of hydrogen-bond donors (Lipinski definition) is 3. The van der Waals surface area contributed by atoms with Crippen LogP contribution >= 0.6 is 7.75 Å². The first kappa shape index (κ1) is 31.6. The van der Waals surface area contributed by atoms with Gasteiger partial charge in [-0.05, 0) is 24.8 Å². The Hall–Kier alpha value is -3.35. The maximum Gasteiger partial charge on any atom is 0.459 e. The average Bonchev–Trinajstić information content (AvgIpc) is 3.33. The van der Waals surface area contributed by atoms with Crippen molar-refractivity contribution in [2.75, 3.05) is 13.2 Å². The number of aliphatic hydroxyl groups excluding tert-OH is 1. The van der Waals surface area contributed by atoms with Crippen LogP contribution in [0.3, 0.4) is 0 Å². The molecule has 1 aliphatic heterocycles. The number of esters is 1. The van der Waals surface area contributed by atoms with Gasteiger partial charge in [0.1, 0.15) is 24.1 Å². The molecule has 12 nitrogen and oxygen atoms in total. The van der Waals surface area contributed by atoms with Gasteiger partial charge in [0.2, 0.25) is 5.82 Å². The summed E-state index contributed by atoms with van der Waals surface area (Å²) in [5.74, 6) is -1.62. The van der Waals surface area contributed by atoms with E-state index in [2.05, 4.69) is 12.0 Å². The molecule has 2 unspecified atom stereocenters. The topological polar surface area (TPSA) is 158 Å². The SMILES string of the molecule is CCCCCCOC(=O)[C@H](C)NP(=O)(OC[C@H]1O[C@@H](n2cc(F)c(=O)[nH]c2=O)CC1O)Oc1cccc2ccccc12. The molecule has 5 atom stereocenters. The Kier molecular flexibility index (Phi) is 10.7. The summed E-state index contributed by atoms with van der Waals surface area (Å²) in [6, 6.07) is 11.3. The highest BCUT2D eigenvalue weighted by molar-refractivity contribution is 7.52. The highest BCUT2D eigenvalue weighted by atomic mass is 31.2. The first-order chi connectivity index (χ1) is 20.1. The van der Waals surface area contributed by atoms with Gasteiger partial charge in [0.15, 0.2) is 0 Å². The van der Waals surface area contributed by atoms with E-state index in [1.807, 2.05) is 23.2 Å². The molecule has 1 aliphatic rings. The maximum absolute atomic E-state index is 14.1. The van der Waals surface area contributed by atoms with E-state index in [1.165, 1.54) is 6.92 Å². The van der Waals surface area contributed by atoms with Crippen LogP contribution in [0.15, 0.2) is 58.3 Å². The molecule has 0 radical (unpaired) electrons. The summed E-state index contributed by atoms with van der Waals surface area (Å²) in [6.45, 7) is 3.27. The first-order valence-corrected chi connectivity index (χ1v) is 15.4. The number of H-pyrrole nitrogens is 1. The predicted octanol–water partition coefficient (Wildman–Crippen LogP) is 3.78. The second kappa shape index (κ2) is 14.2. The van der Waals surface area contributed by atoms with Gasteiger partial charge in [-0.3, -0.25) is 23.7 Å². The summed E-state index contributed by atoms with van der Waals surface area (Å²) in [4.78, 5) is 38.0. The van der Waals surface area contributed by atoms with Gasteiger partial charge in [-0.2, -0.15) is 9.48 Å². The number of benzene rings is 2. The summed E-state index contributed by atoms with van der Waals surface area (Å²) >= 11 is 0. The number of nitrogens with zero attached hydrogens (tertiary/aromatic N) is 1. The molecule has 2 heterocycles. The fourth-order valence-corrected chi connectivity index (χ4v) is 6.01. The van der Waals surface area contributed by atoms with Crippen LogP contribution in [0.1, 0.15) is 52.2 Å². The lowest BCUT2D eigenvalue weighted by Crippen LogP contribution is -2.36. The van der Waals surface area contributed by atoms with Gasteiger partial charge in [0.25, 0.3) is 5.56 Å². The number of nitrogens with one attached hydrogen (secondary N) is 2. The quantitative estimate of drug-likeness (QED) is 0.140. The number of fused-ring (bicyclic) bond motifs is 1. The van der Waals surface area contributed by atoms with Crippen LogP contribution in [0.2, 0.25) is 0 Å². The van der Waals surface area contributed by atoms with Crippen LogP contribution in [0.25, 0.3) is 10.8 Å². The van der Waals surface area contributed by atoms with E-state index in [0.29, 0.717) is 18.0 Å². The third kappa shape index (κ3) is 7.93. The summed E-state index contributed by atoms with van der Waals surface area (Å²) in [5.41, 5.74) is -2.10. The van der Waals surface area contributed by atoms with Gasteiger partial charge in [-0.1, -0.05) is 62.6 Å². The van der Waals surface area contributed by atoms with E-state index in [0.717, 1.165) is 29.2 Å². The van der Waals surface area contributed by atoms with Gasteiger partial charge in [-0.25, -0.2) is 9.36 Å². The van der Waals surface area contributed by atoms with Gasteiger partial charge < -0.3 is 19.1 Å². The molecular formula is C28H35FN3O9P. The van der Waals surface area contributed by atoms with Crippen molar-refractivity contribution in [1.29, 1.82) is 0 Å². The molecular weight excluding hydrogens is 572 g/mol. The molecule has 14 heteroatoms. The van der Waals surface area contributed by atoms with Crippen molar-refractivity contribution in [3.63, 3.8) is 0 Å². The summed E-state index contributed by atoms with van der Waals surface area (Å²) in [6.07, 6.45) is 0.798. The minimum Gasteiger partial charge on any atom is -0.465 e. The van der Waals surface area contributed by atoms with Crippen molar-refractivity contribution in [3.8, 4) is 5.75 Å². The second-order valence-electron chi connectivity index (χ2n) is 10.0. The molecule has 2 aromatic carbocycles. The number of rotatable bonds is 14. The zero-order chi connectivity index (χ0) is 30.3. The minimum absolute atomic E-state index is 0.137. The first-order valence-electron chi connectivity index (χ1n) is 13.8. The zero-order valence-electron chi connectivity index (χ0n) is 23.4. The average molecular weight is 608 g/mol. The third-order valence-electron chi connectivity index (χ3n) is 6.76. The molecule has 1 aromatic heterocycles. The molecule has 4 rings (SSSR count). The molecule has 42 heavy (non-hydrogen) atoms. The number of aliphatic hydroxyl groups is 1. The normalized spacial score (nSPS) is 20.7. The van der Waals surface area contributed by atoms with Crippen LogP contribution in [0.4, 0.5) is 4.39 Å². The highest BCUT2D eigenvalue weighted by Crippen LogP contribution is 2.47. The Morgan fingerprint density at radius 3 is 2.76 bits per heavy atom. The van der Waals surface area contributed by atoms with Crippen LogP contribution < -0.4 is 20.9 Å². The molecule has 0 bridgehead atoms. The van der Waals surface area contributed by atoms with Crippen LogP contribution in [0.5, 0.6) is 5.75 Å². The monoisotopic (exact) mass is 607 g/mol. The van der Waals surface area contributed by atoms with E-state index >= 15 is 0 Å². The lowest BCUT2D eigenvalue weighted by atomic mass is 10.1. The Balaban J connectivity index is 1.49. The minimum atomic E-state index is -4.32. The van der Waals surface area contributed by atoms with Crippen molar-refractivity contribution in [2.45, 2.75) is 70.4 Å². The van der Waals surface area contributed by atoms with E-state index in [-0.39, 0.29) is 18.8 Å². The van der Waals surface area contributed by atoms with Gasteiger partial charge in [0, 0.05) is 11.8 Å². The highest BCUT2D eigenvalue weighted by Gasteiger charge is 2.40. The van der Waals surface area contributed by atoms with Crippen LogP contribution in [-0.2, 0) is 23.4 Å². The third-order valence-corrected chi connectivity index (χ3v) is 8.39. The van der Waals surface area contributed by atoms with Crippen LogP contribution in [0, 0.1) is 5.82 Å². The smallest absolute Gasteiger partial charge is 0.459 e. The zero-order valence-corrected chi connectivity index (χ0v) is 24.3. The number of halogens is 1. The van der Waals surface area contributed by atoms with Crippen LogP contribution in [-0.4, -0.2) is 52.1 Å². The van der Waals surface area contributed by atoms with Crippen molar-refractivity contribution in [1.82, 2.24) is 14.6 Å². The Morgan fingerprint density at radius 2 is 1.98 bits per heavy atom. The molecule has 228 valence electrons. The molecule has 0 amide bonds. The number of ether oxygens (including phenoxy) is 2. The molecule has 0 spiro atoms. The van der Waals surface area contributed by atoms with Crippen molar-refractivity contribution in [2.24, 2.45) is 0 Å². The summed E-state index contributed by atoms with van der Waals surface area (Å²) < 4.78 is 51.2. The molecule has 1 saturated heterocycles. The fraction of sp³-hybridized carbons (Fsp3) is 0.464. The van der Waals surface area contributed by atoms with E-state index in [9.17, 15) is 28.4 Å². The summed E-state index contributed by atoms with van der Waals surface area (Å²) in [7, 11) is -4.32. The van der Waals surface area contributed by atoms with E-state index in [1.54, 1.807) is 24.3 Å². The van der Waals surface area contributed by atoms with E-state index < -0.39 is 61.9 Å². The Morgan fingerprint density at radius 1 is 1.21 bits per heavy atom. The lowest BCUT2D eigenvalue weighted by molar-refractivity contribution is -0.145. The van der Waals surface area contributed by atoms with Gasteiger partial charge in [0.05, 0.1) is 25.5 Å². The van der Waals surface area contributed by atoms with Crippen molar-refractivity contribution in [3.05, 3.63) is 75.3 Å². The largest absolute Gasteiger partial charge is 0.465 e. The summed E-state index contributed by atoms with van der Waals surface area (Å²) in [5, 5.41) is 14.7. The van der Waals surface area contributed by atoms with Gasteiger partial charge in [-0.15, -0.1) is 0 Å². The number of hydrogen-bond acceptors (Lipinski definition) is 9. The maximum atomic E-state index is 14.1. The number of unbranched alkanes of at least 4 members (excludes halogenated alkanes) is 3. The molecule has 0 aliphatic carbocycles. The number of aromatic nitrogens is 2. The number of carbonyl (C=O) groups excluding carboxylic acids is 1. The Labute approximate surface area is 241 Å². The number of carbonyl (C=O) groups is 1. The molecule has 0 saturated carbocycles. The van der Waals surface area contributed by atoms with E-state index in [4.69, 9.17) is 18.5 Å². The predicted molar refractivity (Wildman–Crippen MR) is 152 cm³/mol. The fourth-order valence-electron chi connectivity index (χ4n) is 4.49. The van der Waals surface area contributed by atoms with Crippen molar-refractivity contribution < 1.29 is 37.4 Å².